The first kappa shape index (κ1) is 19.3. The van der Waals surface area contributed by atoms with Crippen LogP contribution in [0.25, 0.3) is 0 Å². The van der Waals surface area contributed by atoms with Crippen molar-refractivity contribution in [1.82, 2.24) is 5.32 Å². The van der Waals surface area contributed by atoms with E-state index in [1.165, 1.54) is 23.9 Å². The lowest BCUT2D eigenvalue weighted by Crippen LogP contribution is -2.31. The predicted octanol–water partition coefficient (Wildman–Crippen LogP) is 3.10. The molecule has 0 saturated carbocycles. The summed E-state index contributed by atoms with van der Waals surface area (Å²) in [5, 5.41) is 14.0. The fourth-order valence-electron chi connectivity index (χ4n) is 2.89. The van der Waals surface area contributed by atoms with Gasteiger partial charge in [-0.25, -0.2) is 12.8 Å². The highest BCUT2D eigenvalue weighted by Gasteiger charge is 2.27. The summed E-state index contributed by atoms with van der Waals surface area (Å²) in [5.41, 5.74) is -0.0390. The molecule has 3 rings (SSSR count). The van der Waals surface area contributed by atoms with Gasteiger partial charge in [0.05, 0.1) is 11.0 Å². The SMILES string of the molecule is CS(=O)(=O)c1ccc(C(=O)N[C@H]2CCSc3c(F)cccc32)cc1[N+](=O)[O-]. The molecular weight excluding hydrogens is 395 g/mol. The second-order valence-electron chi connectivity index (χ2n) is 6.03. The summed E-state index contributed by atoms with van der Waals surface area (Å²) in [6, 6.07) is 7.42. The fraction of sp³-hybridized carbons (Fsp3) is 0.235. The van der Waals surface area contributed by atoms with Crippen LogP contribution in [0.15, 0.2) is 46.2 Å². The van der Waals surface area contributed by atoms with Crippen LogP contribution in [0, 0.1) is 15.9 Å². The highest BCUT2D eigenvalue weighted by atomic mass is 32.2. The van der Waals surface area contributed by atoms with Gasteiger partial charge >= 0.3 is 0 Å². The first-order valence-electron chi connectivity index (χ1n) is 7.89. The van der Waals surface area contributed by atoms with Crippen LogP contribution in [0.4, 0.5) is 10.1 Å². The highest BCUT2D eigenvalue weighted by Crippen LogP contribution is 2.38. The number of benzene rings is 2. The number of nitro groups is 1. The van der Waals surface area contributed by atoms with E-state index in [2.05, 4.69) is 5.32 Å². The van der Waals surface area contributed by atoms with Gasteiger partial charge in [0.2, 0.25) is 0 Å². The number of sulfone groups is 1. The lowest BCUT2D eigenvalue weighted by molar-refractivity contribution is -0.387. The number of thioether (sulfide) groups is 1. The molecule has 0 aliphatic carbocycles. The van der Waals surface area contributed by atoms with E-state index in [4.69, 9.17) is 0 Å². The van der Waals surface area contributed by atoms with Gasteiger partial charge in [0.1, 0.15) is 10.7 Å². The average Bonchev–Trinajstić information content (AvgIpc) is 2.61. The van der Waals surface area contributed by atoms with Crippen LogP contribution in [0.1, 0.15) is 28.4 Å². The van der Waals surface area contributed by atoms with E-state index in [1.54, 1.807) is 12.1 Å². The van der Waals surface area contributed by atoms with Gasteiger partial charge < -0.3 is 5.32 Å². The van der Waals surface area contributed by atoms with Crippen LogP contribution < -0.4 is 5.32 Å². The van der Waals surface area contributed by atoms with Crippen molar-refractivity contribution in [3.05, 3.63) is 63.5 Å². The second kappa shape index (κ2) is 7.28. The number of nitrogens with one attached hydrogen (secondary N) is 1. The Kier molecular flexibility index (Phi) is 5.20. The summed E-state index contributed by atoms with van der Waals surface area (Å²) in [6.45, 7) is 0. The molecule has 1 heterocycles. The number of halogens is 1. The Morgan fingerprint density at radius 2 is 2.07 bits per heavy atom. The number of nitrogens with zero attached hydrogens (tertiary/aromatic N) is 1. The molecule has 27 heavy (non-hydrogen) atoms. The van der Waals surface area contributed by atoms with Gasteiger partial charge in [-0.3, -0.25) is 14.9 Å². The lowest BCUT2D eigenvalue weighted by Gasteiger charge is -2.26. The number of amides is 1. The molecule has 0 radical (unpaired) electrons. The van der Waals surface area contributed by atoms with Gasteiger partial charge in [-0.15, -0.1) is 11.8 Å². The van der Waals surface area contributed by atoms with Crippen molar-refractivity contribution in [3.8, 4) is 0 Å². The molecule has 2 aromatic rings. The Balaban J connectivity index is 1.91. The number of fused-ring (bicyclic) bond motifs is 1. The molecule has 1 atom stereocenters. The molecule has 0 unspecified atom stereocenters. The molecule has 2 aromatic carbocycles. The number of rotatable bonds is 4. The molecule has 1 amide bonds. The topological polar surface area (TPSA) is 106 Å². The first-order valence-corrected chi connectivity index (χ1v) is 10.8. The second-order valence-corrected chi connectivity index (χ2v) is 9.12. The zero-order chi connectivity index (χ0) is 19.8. The Morgan fingerprint density at radius 3 is 2.74 bits per heavy atom. The van der Waals surface area contributed by atoms with E-state index < -0.39 is 37.3 Å². The molecule has 1 aliphatic rings. The van der Waals surface area contributed by atoms with Crippen LogP contribution in [-0.4, -0.2) is 31.3 Å². The summed E-state index contributed by atoms with van der Waals surface area (Å²) in [5.74, 6) is -0.332. The number of hydrogen-bond acceptors (Lipinski definition) is 6. The van der Waals surface area contributed by atoms with E-state index in [-0.39, 0.29) is 11.4 Å². The average molecular weight is 410 g/mol. The minimum atomic E-state index is -3.81. The van der Waals surface area contributed by atoms with Gasteiger partial charge in [-0.1, -0.05) is 12.1 Å². The van der Waals surface area contributed by atoms with Crippen LogP contribution in [0.3, 0.4) is 0 Å². The quantitative estimate of drug-likeness (QED) is 0.613. The van der Waals surface area contributed by atoms with Crippen molar-refractivity contribution in [3.63, 3.8) is 0 Å². The number of nitro benzene ring substituents is 1. The molecule has 7 nitrogen and oxygen atoms in total. The molecule has 0 aromatic heterocycles. The minimum Gasteiger partial charge on any atom is -0.345 e. The molecule has 0 saturated heterocycles. The smallest absolute Gasteiger partial charge is 0.288 e. The third kappa shape index (κ3) is 3.96. The Hall–Kier alpha value is -2.46. The van der Waals surface area contributed by atoms with E-state index in [0.29, 0.717) is 22.6 Å². The summed E-state index contributed by atoms with van der Waals surface area (Å²) in [4.78, 5) is 22.9. The van der Waals surface area contributed by atoms with Crippen molar-refractivity contribution < 1.29 is 22.5 Å². The Bertz CT molecular complexity index is 1040. The summed E-state index contributed by atoms with van der Waals surface area (Å²) in [6.07, 6.45) is 1.44. The Morgan fingerprint density at radius 1 is 1.33 bits per heavy atom. The first-order chi connectivity index (χ1) is 12.7. The van der Waals surface area contributed by atoms with E-state index in [9.17, 15) is 27.7 Å². The Labute approximate surface area is 159 Å². The number of carbonyl (C=O) groups is 1. The van der Waals surface area contributed by atoms with Crippen molar-refractivity contribution in [2.24, 2.45) is 0 Å². The van der Waals surface area contributed by atoms with Crippen LogP contribution in [0.2, 0.25) is 0 Å². The summed E-state index contributed by atoms with van der Waals surface area (Å²) < 4.78 is 37.3. The third-order valence-electron chi connectivity index (χ3n) is 4.15. The van der Waals surface area contributed by atoms with E-state index in [0.717, 1.165) is 18.4 Å². The maximum atomic E-state index is 13.9. The standard InChI is InChI=1S/C17H15FN2O5S2/c1-27(24,25)15-6-5-10(9-14(15)20(22)23)17(21)19-13-7-8-26-16-11(13)3-2-4-12(16)18/h2-6,9,13H,7-8H2,1H3,(H,19,21)/t13-/m0/s1. The zero-order valence-corrected chi connectivity index (χ0v) is 15.8. The molecule has 10 heteroatoms. The predicted molar refractivity (Wildman–Crippen MR) is 98.2 cm³/mol. The summed E-state index contributed by atoms with van der Waals surface area (Å²) >= 11 is 1.37. The largest absolute Gasteiger partial charge is 0.345 e. The third-order valence-corrected chi connectivity index (χ3v) is 6.45. The van der Waals surface area contributed by atoms with E-state index in [1.807, 2.05) is 0 Å². The molecule has 0 bridgehead atoms. The van der Waals surface area contributed by atoms with Crippen LogP contribution in [-0.2, 0) is 9.84 Å². The maximum Gasteiger partial charge on any atom is 0.288 e. The van der Waals surface area contributed by atoms with Crippen LogP contribution >= 0.6 is 11.8 Å². The maximum absolute atomic E-state index is 13.9. The van der Waals surface area contributed by atoms with Crippen molar-refractivity contribution >= 4 is 33.2 Å². The zero-order valence-electron chi connectivity index (χ0n) is 14.1. The van der Waals surface area contributed by atoms with Crippen molar-refractivity contribution in [2.75, 3.05) is 12.0 Å². The number of hydrogen-bond donors (Lipinski definition) is 1. The van der Waals surface area contributed by atoms with Crippen molar-refractivity contribution in [2.45, 2.75) is 22.3 Å². The molecular formula is C17H15FN2O5S2. The molecule has 142 valence electrons. The minimum absolute atomic E-state index is 0.0368. The molecule has 0 fully saturated rings. The van der Waals surface area contributed by atoms with Crippen molar-refractivity contribution in [1.29, 1.82) is 0 Å². The van der Waals surface area contributed by atoms with Gasteiger partial charge in [-0.2, -0.15) is 0 Å². The monoisotopic (exact) mass is 410 g/mol. The van der Waals surface area contributed by atoms with E-state index >= 15 is 0 Å². The highest BCUT2D eigenvalue weighted by molar-refractivity contribution is 7.99. The summed E-state index contributed by atoms with van der Waals surface area (Å²) in [7, 11) is -3.81. The normalized spacial score (nSPS) is 16.4. The molecule has 1 aliphatic heterocycles. The number of carbonyl (C=O) groups excluding carboxylic acids is 1. The van der Waals surface area contributed by atoms with Gasteiger partial charge in [0, 0.05) is 28.5 Å². The molecule has 0 spiro atoms. The van der Waals surface area contributed by atoms with Gasteiger partial charge in [-0.05, 0) is 30.2 Å². The molecule has 1 N–H and O–H groups in total. The van der Waals surface area contributed by atoms with Gasteiger partial charge in [0.15, 0.2) is 9.84 Å². The fourth-order valence-corrected chi connectivity index (χ4v) is 4.86. The van der Waals surface area contributed by atoms with Crippen LogP contribution in [0.5, 0.6) is 0 Å². The van der Waals surface area contributed by atoms with Gasteiger partial charge in [0.25, 0.3) is 11.6 Å². The lowest BCUT2D eigenvalue weighted by atomic mass is 10.0.